The van der Waals surface area contributed by atoms with Gasteiger partial charge in [-0.25, -0.2) is 9.78 Å². The van der Waals surface area contributed by atoms with Crippen LogP contribution in [-0.4, -0.2) is 49.2 Å². The Hall–Kier alpha value is -4.60. The largest absolute Gasteiger partial charge is 0.496 e. The summed E-state index contributed by atoms with van der Waals surface area (Å²) in [4.78, 5) is 41.6. The SMILES string of the molecule is COc1cc(C)ccc1[C@@H](Oc1ccccc1)[C@H](C)OC(=O)[C@H](C)NC(=O)c1nccc(OC)c1OC(C)=O. The summed E-state index contributed by atoms with van der Waals surface area (Å²) >= 11 is 0. The number of aryl methyl sites for hydroxylation is 1. The summed E-state index contributed by atoms with van der Waals surface area (Å²) in [5.41, 5.74) is 1.47. The molecule has 0 bridgehead atoms. The molecule has 1 heterocycles. The Morgan fingerprint density at radius 1 is 0.923 bits per heavy atom. The minimum absolute atomic E-state index is 0.141. The van der Waals surface area contributed by atoms with Gasteiger partial charge >= 0.3 is 11.9 Å². The van der Waals surface area contributed by atoms with Gasteiger partial charge in [0.1, 0.15) is 23.6 Å². The number of carbonyl (C=O) groups is 3. The van der Waals surface area contributed by atoms with E-state index in [4.69, 9.17) is 23.7 Å². The number of ether oxygens (including phenoxy) is 5. The first-order valence-corrected chi connectivity index (χ1v) is 12.2. The molecule has 3 atom stereocenters. The summed E-state index contributed by atoms with van der Waals surface area (Å²) < 4.78 is 27.9. The van der Waals surface area contributed by atoms with E-state index in [1.807, 2.05) is 43.3 Å². The molecular formula is C29H32N2O8. The van der Waals surface area contributed by atoms with Crippen LogP contribution in [0.5, 0.6) is 23.0 Å². The molecule has 1 amide bonds. The van der Waals surface area contributed by atoms with E-state index in [9.17, 15) is 14.4 Å². The highest BCUT2D eigenvalue weighted by molar-refractivity contribution is 5.98. The number of methoxy groups -OCH3 is 2. The molecule has 206 valence electrons. The number of hydrogen-bond donors (Lipinski definition) is 1. The zero-order valence-corrected chi connectivity index (χ0v) is 22.7. The number of esters is 2. The van der Waals surface area contributed by atoms with E-state index in [-0.39, 0.29) is 17.2 Å². The van der Waals surface area contributed by atoms with Crippen molar-refractivity contribution in [2.45, 2.75) is 45.9 Å². The van der Waals surface area contributed by atoms with Crippen molar-refractivity contribution in [2.24, 2.45) is 0 Å². The van der Waals surface area contributed by atoms with Crippen LogP contribution in [-0.2, 0) is 14.3 Å². The molecule has 0 saturated carbocycles. The first-order valence-electron chi connectivity index (χ1n) is 12.2. The van der Waals surface area contributed by atoms with Gasteiger partial charge < -0.3 is 29.0 Å². The Labute approximate surface area is 227 Å². The zero-order valence-electron chi connectivity index (χ0n) is 22.7. The van der Waals surface area contributed by atoms with E-state index in [0.29, 0.717) is 17.1 Å². The fourth-order valence-corrected chi connectivity index (χ4v) is 3.78. The van der Waals surface area contributed by atoms with Crippen LogP contribution >= 0.6 is 0 Å². The van der Waals surface area contributed by atoms with Crippen molar-refractivity contribution in [1.29, 1.82) is 0 Å². The second-order valence-electron chi connectivity index (χ2n) is 8.72. The third kappa shape index (κ3) is 7.47. The lowest BCUT2D eigenvalue weighted by Gasteiger charge is -2.28. The monoisotopic (exact) mass is 536 g/mol. The molecular weight excluding hydrogens is 504 g/mol. The van der Waals surface area contributed by atoms with Crippen LogP contribution in [0.25, 0.3) is 0 Å². The maximum absolute atomic E-state index is 13.0. The number of carbonyl (C=O) groups excluding carboxylic acids is 3. The number of nitrogens with one attached hydrogen (secondary N) is 1. The highest BCUT2D eigenvalue weighted by Gasteiger charge is 2.31. The summed E-state index contributed by atoms with van der Waals surface area (Å²) in [6.07, 6.45) is -0.169. The highest BCUT2D eigenvalue weighted by Crippen LogP contribution is 2.34. The van der Waals surface area contributed by atoms with Gasteiger partial charge in [0.05, 0.1) is 14.2 Å². The molecule has 0 aliphatic rings. The van der Waals surface area contributed by atoms with Crippen molar-refractivity contribution in [2.75, 3.05) is 14.2 Å². The Balaban J connectivity index is 1.80. The average molecular weight is 537 g/mol. The Bertz CT molecular complexity index is 1310. The topological polar surface area (TPSA) is 122 Å². The van der Waals surface area contributed by atoms with Gasteiger partial charge in [-0.1, -0.05) is 30.3 Å². The van der Waals surface area contributed by atoms with Crippen molar-refractivity contribution in [3.05, 3.63) is 77.6 Å². The van der Waals surface area contributed by atoms with Gasteiger partial charge in [0.25, 0.3) is 5.91 Å². The minimum atomic E-state index is -1.07. The van der Waals surface area contributed by atoms with Gasteiger partial charge in [0.2, 0.25) is 5.75 Å². The summed E-state index contributed by atoms with van der Waals surface area (Å²) in [5.74, 6) is -0.963. The van der Waals surface area contributed by atoms with Crippen LogP contribution < -0.4 is 24.3 Å². The predicted octanol–water partition coefficient (Wildman–Crippen LogP) is 4.20. The first-order chi connectivity index (χ1) is 18.6. The molecule has 0 aliphatic heterocycles. The maximum atomic E-state index is 13.0. The fourth-order valence-electron chi connectivity index (χ4n) is 3.78. The molecule has 10 heteroatoms. The lowest BCUT2D eigenvalue weighted by molar-refractivity contribution is -0.154. The number of para-hydroxylation sites is 1. The number of amides is 1. The molecule has 10 nitrogen and oxygen atoms in total. The lowest BCUT2D eigenvalue weighted by Crippen LogP contribution is -2.42. The molecule has 1 N–H and O–H groups in total. The second-order valence-corrected chi connectivity index (χ2v) is 8.72. The van der Waals surface area contributed by atoms with E-state index < -0.39 is 36.1 Å². The first kappa shape index (κ1) is 29.0. The molecule has 3 aromatic rings. The standard InChI is InChI=1S/C29H32N2O8/c1-17-12-13-22(24(16-17)36-6)26(39-21-10-8-7-9-11-21)19(3)37-29(34)18(2)31-28(33)25-27(38-20(4)32)23(35-5)14-15-30-25/h7-16,18-19,26H,1-6H3,(H,31,33)/t18-,19-,26-/m0/s1. The Morgan fingerprint density at radius 2 is 1.62 bits per heavy atom. The Morgan fingerprint density at radius 3 is 2.26 bits per heavy atom. The number of aromatic nitrogens is 1. The summed E-state index contributed by atoms with van der Waals surface area (Å²) in [7, 11) is 2.92. The van der Waals surface area contributed by atoms with Crippen LogP contribution in [0.4, 0.5) is 0 Å². The highest BCUT2D eigenvalue weighted by atomic mass is 16.6. The van der Waals surface area contributed by atoms with Gasteiger partial charge in [-0.3, -0.25) is 9.59 Å². The van der Waals surface area contributed by atoms with Crippen LogP contribution in [0.2, 0.25) is 0 Å². The predicted molar refractivity (Wildman–Crippen MR) is 142 cm³/mol. The number of nitrogens with zero attached hydrogens (tertiary/aromatic N) is 1. The summed E-state index contributed by atoms with van der Waals surface area (Å²) in [5, 5.41) is 2.54. The molecule has 39 heavy (non-hydrogen) atoms. The summed E-state index contributed by atoms with van der Waals surface area (Å²) in [6, 6.07) is 15.2. The maximum Gasteiger partial charge on any atom is 0.328 e. The van der Waals surface area contributed by atoms with Crippen molar-refractivity contribution in [3.63, 3.8) is 0 Å². The molecule has 0 fully saturated rings. The normalized spacial score (nSPS) is 12.9. The van der Waals surface area contributed by atoms with Crippen molar-refractivity contribution in [3.8, 4) is 23.0 Å². The quantitative estimate of drug-likeness (QED) is 0.359. The molecule has 0 saturated heterocycles. The fraction of sp³-hybridized carbons (Fsp3) is 0.310. The molecule has 1 aromatic heterocycles. The smallest absolute Gasteiger partial charge is 0.328 e. The minimum Gasteiger partial charge on any atom is -0.496 e. The van der Waals surface area contributed by atoms with E-state index in [1.165, 1.54) is 33.2 Å². The van der Waals surface area contributed by atoms with Crippen LogP contribution in [0.15, 0.2) is 60.8 Å². The van der Waals surface area contributed by atoms with Crippen molar-refractivity contribution >= 4 is 17.8 Å². The van der Waals surface area contributed by atoms with Crippen LogP contribution in [0.3, 0.4) is 0 Å². The number of benzene rings is 2. The third-order valence-corrected chi connectivity index (χ3v) is 5.68. The van der Waals surface area contributed by atoms with E-state index in [0.717, 1.165) is 5.56 Å². The van der Waals surface area contributed by atoms with E-state index in [1.54, 1.807) is 26.2 Å². The van der Waals surface area contributed by atoms with Gasteiger partial charge in [0.15, 0.2) is 17.5 Å². The molecule has 0 unspecified atom stereocenters. The van der Waals surface area contributed by atoms with E-state index in [2.05, 4.69) is 10.3 Å². The van der Waals surface area contributed by atoms with E-state index >= 15 is 0 Å². The number of hydrogen-bond acceptors (Lipinski definition) is 9. The van der Waals surface area contributed by atoms with Gasteiger partial charge in [-0.2, -0.15) is 0 Å². The second kappa shape index (κ2) is 13.3. The lowest BCUT2D eigenvalue weighted by atomic mass is 10.0. The van der Waals surface area contributed by atoms with Gasteiger partial charge in [0, 0.05) is 24.8 Å². The van der Waals surface area contributed by atoms with Crippen LogP contribution in [0.1, 0.15) is 48.5 Å². The molecule has 0 spiro atoms. The molecule has 2 aromatic carbocycles. The van der Waals surface area contributed by atoms with Gasteiger partial charge in [-0.05, 0) is 44.5 Å². The number of rotatable bonds is 11. The molecule has 0 aliphatic carbocycles. The average Bonchev–Trinajstić information content (AvgIpc) is 2.92. The van der Waals surface area contributed by atoms with Crippen LogP contribution in [0, 0.1) is 6.92 Å². The zero-order chi connectivity index (χ0) is 28.5. The summed E-state index contributed by atoms with van der Waals surface area (Å²) in [6.45, 7) is 6.30. The van der Waals surface area contributed by atoms with Gasteiger partial charge in [-0.15, -0.1) is 0 Å². The van der Waals surface area contributed by atoms with Crippen molar-refractivity contribution < 1.29 is 38.1 Å². The molecule has 0 radical (unpaired) electrons. The molecule has 3 rings (SSSR count). The Kier molecular flexibility index (Phi) is 9.86. The van der Waals surface area contributed by atoms with Crippen molar-refractivity contribution in [1.82, 2.24) is 10.3 Å². The number of pyridine rings is 1. The third-order valence-electron chi connectivity index (χ3n) is 5.68.